The van der Waals surface area contributed by atoms with Crippen LogP contribution in [0.1, 0.15) is 89.8 Å². The van der Waals surface area contributed by atoms with E-state index in [-0.39, 0.29) is 75.3 Å². The number of piperazine rings is 1. The molecule has 14 nitrogen and oxygen atoms in total. The van der Waals surface area contributed by atoms with Crippen LogP contribution in [0.15, 0.2) is 35.4 Å². The van der Waals surface area contributed by atoms with E-state index in [1.54, 1.807) is 38.3 Å². The SMILES string of the molecule is C[C@@H](Nc1ncnc2c1cc(N1CCN(S(C)(=O)=O)CC1)c(=O)n2CCCCCCC1OCCO1)c1cccc(C(F)(F)C2CCN(C(=O)OC(C)(C)C)CC2)c1F. The van der Waals surface area contributed by atoms with E-state index in [1.165, 1.54) is 27.7 Å². The van der Waals surface area contributed by atoms with Crippen molar-refractivity contribution < 1.29 is 40.6 Å². The Hall–Kier alpha value is -4.00. The topological polar surface area (TPSA) is 148 Å². The van der Waals surface area contributed by atoms with Crippen molar-refractivity contribution in [2.75, 3.05) is 69.0 Å². The molecule has 3 saturated heterocycles. The lowest BCUT2D eigenvalue weighted by atomic mass is 9.85. The number of amides is 1. The van der Waals surface area contributed by atoms with Gasteiger partial charge in [-0.1, -0.05) is 31.0 Å². The Morgan fingerprint density at radius 2 is 1.67 bits per heavy atom. The lowest BCUT2D eigenvalue weighted by molar-refractivity contribution is -0.0885. The van der Waals surface area contributed by atoms with Gasteiger partial charge in [0.2, 0.25) is 10.0 Å². The second-order valence-electron chi connectivity index (χ2n) is 16.4. The molecule has 0 spiro atoms. The van der Waals surface area contributed by atoms with Gasteiger partial charge in [-0.15, -0.1) is 0 Å². The number of halogens is 3. The highest BCUT2D eigenvalue weighted by atomic mass is 32.2. The van der Waals surface area contributed by atoms with E-state index in [0.29, 0.717) is 42.9 Å². The minimum absolute atomic E-state index is 0.00831. The number of rotatable bonds is 14. The lowest BCUT2D eigenvalue weighted by Crippen LogP contribution is -2.50. The van der Waals surface area contributed by atoms with Crippen LogP contribution >= 0.6 is 0 Å². The van der Waals surface area contributed by atoms with Crippen LogP contribution in [-0.4, -0.2) is 109 Å². The van der Waals surface area contributed by atoms with Crippen LogP contribution < -0.4 is 15.8 Å². The second-order valence-corrected chi connectivity index (χ2v) is 18.4. The van der Waals surface area contributed by atoms with Crippen molar-refractivity contribution >= 4 is 38.7 Å². The normalized spacial score (nSPS) is 18.6. The molecule has 2 aromatic heterocycles. The Bertz CT molecular complexity index is 2080. The van der Waals surface area contributed by atoms with Gasteiger partial charge in [0, 0.05) is 57.3 Å². The number of fused-ring (bicyclic) bond motifs is 1. The number of nitrogens with one attached hydrogen (secondary N) is 1. The highest BCUT2D eigenvalue weighted by Crippen LogP contribution is 2.44. The summed E-state index contributed by atoms with van der Waals surface area (Å²) < 4.78 is 92.4. The number of alkyl halides is 2. The highest BCUT2D eigenvalue weighted by molar-refractivity contribution is 7.88. The molecule has 0 bridgehead atoms. The minimum atomic E-state index is -3.51. The molecular weight excluding hydrogens is 780 g/mol. The third kappa shape index (κ3) is 10.2. The summed E-state index contributed by atoms with van der Waals surface area (Å²) in [7, 11) is -3.41. The van der Waals surface area contributed by atoms with E-state index in [1.807, 2.05) is 4.90 Å². The minimum Gasteiger partial charge on any atom is -0.444 e. The van der Waals surface area contributed by atoms with E-state index >= 15 is 13.2 Å². The van der Waals surface area contributed by atoms with Crippen LogP contribution in [0.25, 0.3) is 11.0 Å². The molecule has 320 valence electrons. The second kappa shape index (κ2) is 18.1. The average molecular weight is 836 g/mol. The fourth-order valence-electron chi connectivity index (χ4n) is 7.88. The third-order valence-electron chi connectivity index (χ3n) is 11.0. The summed E-state index contributed by atoms with van der Waals surface area (Å²) in [4.78, 5) is 38.9. The molecule has 1 amide bonds. The number of aromatic nitrogens is 3. The number of sulfonamides is 1. The fraction of sp³-hybridized carbons (Fsp3) is 0.650. The Balaban J connectivity index is 1.22. The van der Waals surface area contributed by atoms with Crippen molar-refractivity contribution in [3.8, 4) is 0 Å². The number of aryl methyl sites for hydroxylation is 1. The van der Waals surface area contributed by atoms with Gasteiger partial charge in [0.15, 0.2) is 6.29 Å². The smallest absolute Gasteiger partial charge is 0.410 e. The summed E-state index contributed by atoms with van der Waals surface area (Å²) in [6.07, 6.45) is 5.85. The Morgan fingerprint density at radius 1 is 1.00 bits per heavy atom. The van der Waals surface area contributed by atoms with Gasteiger partial charge in [0.25, 0.3) is 11.5 Å². The summed E-state index contributed by atoms with van der Waals surface area (Å²) in [6.45, 7) is 9.57. The molecule has 0 radical (unpaired) electrons. The first-order valence-corrected chi connectivity index (χ1v) is 22.0. The Labute approximate surface area is 338 Å². The highest BCUT2D eigenvalue weighted by Gasteiger charge is 2.46. The number of benzene rings is 1. The molecule has 1 atom stereocenters. The van der Waals surface area contributed by atoms with Gasteiger partial charge in [-0.05, 0) is 65.9 Å². The van der Waals surface area contributed by atoms with Gasteiger partial charge in [-0.2, -0.15) is 4.31 Å². The first-order valence-electron chi connectivity index (χ1n) is 20.2. The quantitative estimate of drug-likeness (QED) is 0.184. The predicted molar refractivity (Wildman–Crippen MR) is 214 cm³/mol. The summed E-state index contributed by atoms with van der Waals surface area (Å²) >= 11 is 0. The standard InChI is InChI=1S/C40H56F3N7O7S/c1-27(29-11-10-12-31(34(29)41)40(42,43)28-14-17-48(18-15-28)38(52)57-39(2,3)4)46-35-30-25-32(47-19-21-49(22-20-47)58(5,53)54)37(51)50(36(30)45-26-44-35)16-9-7-6-8-13-33-55-23-24-56-33/h10-12,25-28,33H,6-9,13-24H2,1-5H3,(H,44,45,46)/t27-/m1/s1. The monoisotopic (exact) mass is 835 g/mol. The first kappa shape index (κ1) is 43.6. The Morgan fingerprint density at radius 3 is 2.33 bits per heavy atom. The molecular formula is C40H56F3N7O7S. The molecule has 3 aliphatic heterocycles. The molecule has 3 aromatic rings. The van der Waals surface area contributed by atoms with Crippen molar-refractivity contribution in [2.24, 2.45) is 5.92 Å². The molecule has 1 aromatic carbocycles. The largest absolute Gasteiger partial charge is 0.444 e. The van der Waals surface area contributed by atoms with E-state index in [4.69, 9.17) is 14.2 Å². The van der Waals surface area contributed by atoms with Gasteiger partial charge in [-0.25, -0.2) is 36.4 Å². The molecule has 0 saturated carbocycles. The lowest BCUT2D eigenvalue weighted by Gasteiger charge is -2.37. The first-order chi connectivity index (χ1) is 27.4. The van der Waals surface area contributed by atoms with E-state index in [2.05, 4.69) is 15.3 Å². The number of carbonyl (C=O) groups is 1. The van der Waals surface area contributed by atoms with Crippen molar-refractivity contribution in [2.45, 2.75) is 103 Å². The zero-order valence-electron chi connectivity index (χ0n) is 34.0. The number of anilines is 2. The van der Waals surface area contributed by atoms with Crippen LogP contribution in [-0.2, 0) is 36.7 Å². The number of ether oxygens (including phenoxy) is 3. The molecule has 3 aliphatic rings. The van der Waals surface area contributed by atoms with Gasteiger partial charge < -0.3 is 29.3 Å². The number of nitrogens with zero attached hydrogens (tertiary/aromatic N) is 6. The van der Waals surface area contributed by atoms with E-state index in [9.17, 15) is 18.0 Å². The van der Waals surface area contributed by atoms with Crippen LogP contribution in [0.5, 0.6) is 0 Å². The fourth-order valence-corrected chi connectivity index (χ4v) is 8.71. The number of unbranched alkanes of at least 4 members (excludes halogenated alkanes) is 3. The van der Waals surface area contributed by atoms with Gasteiger partial charge in [0.05, 0.1) is 36.5 Å². The summed E-state index contributed by atoms with van der Waals surface area (Å²) in [6, 6.07) is 4.81. The molecule has 58 heavy (non-hydrogen) atoms. The molecule has 3 fully saturated rings. The van der Waals surface area contributed by atoms with Crippen molar-refractivity contribution in [3.05, 3.63) is 57.9 Å². The number of hydrogen-bond acceptors (Lipinski definition) is 11. The van der Waals surface area contributed by atoms with Gasteiger partial charge >= 0.3 is 6.09 Å². The molecule has 1 N–H and O–H groups in total. The number of carbonyl (C=O) groups excluding carboxylic acids is 1. The zero-order valence-corrected chi connectivity index (χ0v) is 34.8. The number of likely N-dealkylation sites (tertiary alicyclic amines) is 1. The summed E-state index contributed by atoms with van der Waals surface area (Å²) in [5.41, 5.74) is -0.982. The molecule has 6 rings (SSSR count). The van der Waals surface area contributed by atoms with E-state index in [0.717, 1.165) is 38.0 Å². The van der Waals surface area contributed by atoms with Crippen molar-refractivity contribution in [1.29, 1.82) is 0 Å². The maximum absolute atomic E-state index is 16.3. The summed E-state index contributed by atoms with van der Waals surface area (Å²) in [5.74, 6) is -5.45. The number of piperidine rings is 1. The molecule has 5 heterocycles. The van der Waals surface area contributed by atoms with Crippen molar-refractivity contribution in [3.63, 3.8) is 0 Å². The molecule has 0 aliphatic carbocycles. The average Bonchev–Trinajstić information content (AvgIpc) is 3.70. The Kier molecular flexibility index (Phi) is 13.6. The summed E-state index contributed by atoms with van der Waals surface area (Å²) in [5, 5.41) is 3.69. The van der Waals surface area contributed by atoms with Crippen LogP contribution in [0.4, 0.5) is 29.5 Å². The maximum Gasteiger partial charge on any atom is 0.410 e. The van der Waals surface area contributed by atoms with Gasteiger partial charge in [-0.3, -0.25) is 9.36 Å². The van der Waals surface area contributed by atoms with Crippen LogP contribution in [0.2, 0.25) is 0 Å². The number of pyridine rings is 1. The molecule has 0 unspecified atom stereocenters. The maximum atomic E-state index is 16.3. The molecule has 18 heteroatoms. The van der Waals surface area contributed by atoms with Gasteiger partial charge in [0.1, 0.15) is 34.9 Å². The van der Waals surface area contributed by atoms with Crippen LogP contribution in [0, 0.1) is 11.7 Å². The number of hydrogen-bond donors (Lipinski definition) is 1. The van der Waals surface area contributed by atoms with Crippen LogP contribution in [0.3, 0.4) is 0 Å². The van der Waals surface area contributed by atoms with Crippen molar-refractivity contribution in [1.82, 2.24) is 23.7 Å². The van der Waals surface area contributed by atoms with E-state index < -0.39 is 51.0 Å². The zero-order chi connectivity index (χ0) is 41.8. The third-order valence-corrected chi connectivity index (χ3v) is 12.3. The predicted octanol–water partition coefficient (Wildman–Crippen LogP) is 6.25.